The monoisotopic (exact) mass is 422 g/mol. The van der Waals surface area contributed by atoms with Gasteiger partial charge in [0.2, 0.25) is 5.91 Å². The van der Waals surface area contributed by atoms with E-state index in [4.69, 9.17) is 0 Å². The molecule has 30 heavy (non-hydrogen) atoms. The van der Waals surface area contributed by atoms with Crippen LogP contribution in [0.25, 0.3) is 0 Å². The van der Waals surface area contributed by atoms with Gasteiger partial charge < -0.3 is 5.32 Å². The molecular formula is C21H18N4O4S. The highest BCUT2D eigenvalue weighted by Gasteiger charge is 2.09. The number of hydrogen-bond donors (Lipinski definition) is 2. The van der Waals surface area contributed by atoms with E-state index in [2.05, 4.69) is 15.8 Å². The van der Waals surface area contributed by atoms with Crippen LogP contribution in [0, 0.1) is 10.1 Å². The Bertz CT molecular complexity index is 1090. The molecule has 1 heterocycles. The first-order valence-corrected chi connectivity index (χ1v) is 9.82. The van der Waals surface area contributed by atoms with E-state index in [1.54, 1.807) is 31.2 Å². The van der Waals surface area contributed by atoms with Gasteiger partial charge in [0.1, 0.15) is 0 Å². The van der Waals surface area contributed by atoms with Gasteiger partial charge in [-0.3, -0.25) is 19.7 Å². The molecule has 0 saturated carbocycles. The molecule has 8 nitrogen and oxygen atoms in total. The smallest absolute Gasteiger partial charge is 0.269 e. The van der Waals surface area contributed by atoms with Gasteiger partial charge in [-0.15, -0.1) is 11.3 Å². The van der Waals surface area contributed by atoms with E-state index in [-0.39, 0.29) is 23.9 Å². The Morgan fingerprint density at radius 3 is 2.53 bits per heavy atom. The van der Waals surface area contributed by atoms with Crippen LogP contribution in [0.1, 0.15) is 27.7 Å². The summed E-state index contributed by atoms with van der Waals surface area (Å²) in [6.07, 6.45) is 0.0473. The predicted octanol–water partition coefficient (Wildman–Crippen LogP) is 3.99. The highest BCUT2D eigenvalue weighted by atomic mass is 32.1. The minimum Gasteiger partial charge on any atom is -0.321 e. The molecule has 0 aliphatic heterocycles. The van der Waals surface area contributed by atoms with Crippen LogP contribution >= 0.6 is 11.3 Å². The number of hydrogen-bond acceptors (Lipinski definition) is 6. The average molecular weight is 422 g/mol. The molecule has 0 aliphatic rings. The maximum atomic E-state index is 12.2. The van der Waals surface area contributed by atoms with E-state index >= 15 is 0 Å². The van der Waals surface area contributed by atoms with Gasteiger partial charge in [-0.1, -0.05) is 30.3 Å². The maximum absolute atomic E-state index is 12.2. The molecule has 0 bridgehead atoms. The van der Waals surface area contributed by atoms with Crippen molar-refractivity contribution in [2.24, 2.45) is 5.10 Å². The summed E-state index contributed by atoms with van der Waals surface area (Å²) in [7, 11) is 0. The summed E-state index contributed by atoms with van der Waals surface area (Å²) in [4.78, 5) is 35.1. The number of nitrogens with one attached hydrogen (secondary N) is 2. The molecule has 152 valence electrons. The van der Waals surface area contributed by atoms with Gasteiger partial charge in [0.05, 0.1) is 21.9 Å². The Kier molecular flexibility index (Phi) is 6.66. The van der Waals surface area contributed by atoms with Crippen LogP contribution in [0.15, 0.2) is 71.1 Å². The number of benzene rings is 2. The van der Waals surface area contributed by atoms with Crippen molar-refractivity contribution in [1.82, 2.24) is 5.43 Å². The van der Waals surface area contributed by atoms with E-state index in [0.29, 0.717) is 21.8 Å². The number of hydrazone groups is 1. The fourth-order valence-electron chi connectivity index (χ4n) is 2.59. The molecule has 0 atom stereocenters. The highest BCUT2D eigenvalue weighted by molar-refractivity contribution is 7.12. The summed E-state index contributed by atoms with van der Waals surface area (Å²) in [5.41, 5.74) is 5.03. The van der Waals surface area contributed by atoms with Crippen LogP contribution in [0.5, 0.6) is 0 Å². The molecule has 0 fully saturated rings. The summed E-state index contributed by atoms with van der Waals surface area (Å²) >= 11 is 1.36. The minimum absolute atomic E-state index is 0.0286. The van der Waals surface area contributed by atoms with Crippen molar-refractivity contribution >= 4 is 40.2 Å². The van der Waals surface area contributed by atoms with Gasteiger partial charge in [-0.05, 0) is 41.6 Å². The highest BCUT2D eigenvalue weighted by Crippen LogP contribution is 2.16. The number of nitrogens with zero attached hydrogens (tertiary/aromatic N) is 2. The zero-order valence-electron chi connectivity index (χ0n) is 16.0. The first-order chi connectivity index (χ1) is 14.4. The molecule has 0 radical (unpaired) electrons. The van der Waals surface area contributed by atoms with Gasteiger partial charge in [-0.2, -0.15) is 5.10 Å². The maximum Gasteiger partial charge on any atom is 0.269 e. The van der Waals surface area contributed by atoms with Gasteiger partial charge in [0.25, 0.3) is 11.6 Å². The fraction of sp³-hybridized carbons (Fsp3) is 0.0952. The van der Waals surface area contributed by atoms with E-state index in [1.165, 1.54) is 35.6 Å². The second-order valence-electron chi connectivity index (χ2n) is 6.34. The number of nitro benzene ring substituents is 1. The van der Waals surface area contributed by atoms with Crippen LogP contribution in [-0.4, -0.2) is 22.4 Å². The molecule has 3 aromatic rings. The van der Waals surface area contributed by atoms with E-state index in [1.807, 2.05) is 17.5 Å². The summed E-state index contributed by atoms with van der Waals surface area (Å²) in [5, 5.41) is 19.4. The molecule has 0 spiro atoms. The molecular weight excluding hydrogens is 404 g/mol. The van der Waals surface area contributed by atoms with Crippen molar-refractivity contribution in [3.05, 3.63) is 92.2 Å². The lowest BCUT2D eigenvalue weighted by molar-refractivity contribution is -0.384. The van der Waals surface area contributed by atoms with Crippen LogP contribution in [-0.2, 0) is 11.2 Å². The number of amides is 2. The Hall–Kier alpha value is -3.85. The molecule has 0 aliphatic carbocycles. The SMILES string of the molecule is C/C(=N/NC(=O)Cc1ccc([N+](=O)[O-])cc1)c1cccc(NC(=O)c2cccs2)c1. The van der Waals surface area contributed by atoms with Crippen molar-refractivity contribution < 1.29 is 14.5 Å². The molecule has 2 N–H and O–H groups in total. The average Bonchev–Trinajstić information content (AvgIpc) is 3.28. The molecule has 9 heteroatoms. The number of non-ortho nitro benzene ring substituents is 1. The summed E-state index contributed by atoms with van der Waals surface area (Å²) in [5.74, 6) is -0.529. The second kappa shape index (κ2) is 9.57. The summed E-state index contributed by atoms with van der Waals surface area (Å²) in [6, 6.07) is 16.5. The third-order valence-electron chi connectivity index (χ3n) is 4.14. The third kappa shape index (κ3) is 5.58. The third-order valence-corrected chi connectivity index (χ3v) is 5.01. The molecule has 0 unspecified atom stereocenters. The van der Waals surface area contributed by atoms with Gasteiger partial charge in [0, 0.05) is 17.8 Å². The molecule has 3 rings (SSSR count). The van der Waals surface area contributed by atoms with E-state index < -0.39 is 4.92 Å². The quantitative estimate of drug-likeness (QED) is 0.340. The lowest BCUT2D eigenvalue weighted by Gasteiger charge is -2.07. The van der Waals surface area contributed by atoms with Crippen LogP contribution in [0.4, 0.5) is 11.4 Å². The van der Waals surface area contributed by atoms with Crippen molar-refractivity contribution in [2.75, 3.05) is 5.32 Å². The number of carbonyl (C=O) groups excluding carboxylic acids is 2. The standard InChI is InChI=1S/C21H18N4O4S/c1-14(23-24-20(26)12-15-7-9-18(10-8-15)25(28)29)16-4-2-5-17(13-16)22-21(27)19-6-3-11-30-19/h2-11,13H,12H2,1H3,(H,22,27)(H,24,26)/b23-14-. The van der Waals surface area contributed by atoms with Crippen LogP contribution < -0.4 is 10.7 Å². The Morgan fingerprint density at radius 2 is 1.87 bits per heavy atom. The van der Waals surface area contributed by atoms with Gasteiger partial charge in [0.15, 0.2) is 0 Å². The minimum atomic E-state index is -0.492. The lowest BCUT2D eigenvalue weighted by Crippen LogP contribution is -2.21. The number of thiophene rings is 1. The molecule has 2 amide bonds. The molecule has 2 aromatic carbocycles. The predicted molar refractivity (Wildman–Crippen MR) is 116 cm³/mol. The van der Waals surface area contributed by atoms with E-state index in [9.17, 15) is 19.7 Å². The van der Waals surface area contributed by atoms with Crippen molar-refractivity contribution in [2.45, 2.75) is 13.3 Å². The topological polar surface area (TPSA) is 114 Å². The number of anilines is 1. The largest absolute Gasteiger partial charge is 0.321 e. The Morgan fingerprint density at radius 1 is 1.10 bits per heavy atom. The Balaban J connectivity index is 1.60. The molecule has 1 aromatic heterocycles. The summed E-state index contributed by atoms with van der Waals surface area (Å²) in [6.45, 7) is 1.74. The van der Waals surface area contributed by atoms with Crippen molar-refractivity contribution in [3.8, 4) is 0 Å². The zero-order valence-corrected chi connectivity index (χ0v) is 16.8. The summed E-state index contributed by atoms with van der Waals surface area (Å²) < 4.78 is 0. The Labute approximate surface area is 176 Å². The first-order valence-electron chi connectivity index (χ1n) is 8.94. The number of nitro groups is 1. The lowest BCUT2D eigenvalue weighted by atomic mass is 10.1. The van der Waals surface area contributed by atoms with Crippen molar-refractivity contribution in [1.29, 1.82) is 0 Å². The van der Waals surface area contributed by atoms with Gasteiger partial charge >= 0.3 is 0 Å². The zero-order chi connectivity index (χ0) is 21.5. The van der Waals surface area contributed by atoms with Gasteiger partial charge in [-0.25, -0.2) is 5.43 Å². The normalized spacial score (nSPS) is 11.0. The second-order valence-corrected chi connectivity index (χ2v) is 7.29. The fourth-order valence-corrected chi connectivity index (χ4v) is 3.21. The van der Waals surface area contributed by atoms with E-state index in [0.717, 1.165) is 5.56 Å². The molecule has 0 saturated heterocycles. The number of rotatable bonds is 7. The number of carbonyl (C=O) groups is 2. The van der Waals surface area contributed by atoms with Crippen molar-refractivity contribution in [3.63, 3.8) is 0 Å². The first kappa shape index (κ1) is 20.9. The van der Waals surface area contributed by atoms with Crippen LogP contribution in [0.3, 0.4) is 0 Å². The van der Waals surface area contributed by atoms with Crippen LogP contribution in [0.2, 0.25) is 0 Å².